The number of oxazole rings is 1. The molecule has 2 heterocycles. The summed E-state index contributed by atoms with van der Waals surface area (Å²) >= 11 is 0. The van der Waals surface area contributed by atoms with Crippen molar-refractivity contribution in [3.05, 3.63) is 36.6 Å². The molecule has 0 aromatic carbocycles. The van der Waals surface area contributed by atoms with E-state index in [4.69, 9.17) is 4.42 Å². The Balaban J connectivity index is 1.62. The molecule has 0 radical (unpaired) electrons. The fourth-order valence-electron chi connectivity index (χ4n) is 3.78. The van der Waals surface area contributed by atoms with Crippen molar-refractivity contribution in [2.75, 3.05) is 0 Å². The number of rotatable bonds is 8. The molecule has 5 heteroatoms. The minimum atomic E-state index is -0.800. The highest BCUT2D eigenvalue weighted by atomic mass is 16.4. The molecule has 134 valence electrons. The summed E-state index contributed by atoms with van der Waals surface area (Å²) in [6.45, 7) is 0. The average Bonchev–Trinajstić information content (AvgIpc) is 3.12. The Morgan fingerprint density at radius 3 is 2.72 bits per heavy atom. The summed E-state index contributed by atoms with van der Waals surface area (Å²) in [5.41, 5.74) is 0.907. The third-order valence-corrected chi connectivity index (χ3v) is 5.15. The number of carboxylic acids is 1. The number of aliphatic carboxylic acids is 1. The molecule has 2 aromatic heterocycles. The number of carboxylic acid groups (broad SMARTS) is 1. The molecule has 25 heavy (non-hydrogen) atoms. The molecule has 1 N–H and O–H groups in total. The van der Waals surface area contributed by atoms with Gasteiger partial charge in [-0.1, -0.05) is 44.9 Å². The van der Waals surface area contributed by atoms with Gasteiger partial charge >= 0.3 is 5.97 Å². The van der Waals surface area contributed by atoms with Crippen LogP contribution in [0, 0.1) is 5.92 Å². The van der Waals surface area contributed by atoms with Crippen molar-refractivity contribution in [3.8, 4) is 11.3 Å². The van der Waals surface area contributed by atoms with Gasteiger partial charge in [0.05, 0.1) is 12.6 Å². The van der Waals surface area contributed by atoms with Gasteiger partial charge in [-0.15, -0.1) is 0 Å². The fourth-order valence-corrected chi connectivity index (χ4v) is 3.78. The molecule has 0 amide bonds. The second kappa shape index (κ2) is 8.79. The first-order valence-electron chi connectivity index (χ1n) is 9.30. The maximum Gasteiger partial charge on any atom is 0.304 e. The Bertz CT molecular complexity index is 663. The lowest BCUT2D eigenvalue weighted by Crippen LogP contribution is -2.09. The van der Waals surface area contributed by atoms with Gasteiger partial charge in [0.1, 0.15) is 0 Å². The quantitative estimate of drug-likeness (QED) is 0.727. The highest BCUT2D eigenvalue weighted by Crippen LogP contribution is 2.32. The lowest BCUT2D eigenvalue weighted by Gasteiger charge is -2.22. The topological polar surface area (TPSA) is 76.2 Å². The van der Waals surface area contributed by atoms with Crippen LogP contribution in [-0.2, 0) is 4.79 Å². The molecule has 1 aliphatic carbocycles. The number of hydrogen-bond acceptors (Lipinski definition) is 4. The normalized spacial score (nSPS) is 16.6. The van der Waals surface area contributed by atoms with Gasteiger partial charge in [-0.2, -0.15) is 0 Å². The molecule has 0 saturated heterocycles. The monoisotopic (exact) mass is 342 g/mol. The van der Waals surface area contributed by atoms with Crippen molar-refractivity contribution in [1.29, 1.82) is 0 Å². The first-order chi connectivity index (χ1) is 12.2. The van der Waals surface area contributed by atoms with Crippen LogP contribution in [0.15, 0.2) is 35.1 Å². The van der Waals surface area contributed by atoms with Gasteiger partial charge in [0.2, 0.25) is 0 Å². The SMILES string of the molecule is O=C(O)C[C@@H](CCCC1CCCCC1)c1ncc(-c2ccncc2)o1. The van der Waals surface area contributed by atoms with Gasteiger partial charge in [-0.25, -0.2) is 4.98 Å². The predicted molar refractivity (Wildman–Crippen MR) is 95.2 cm³/mol. The van der Waals surface area contributed by atoms with E-state index in [1.165, 1.54) is 38.5 Å². The zero-order valence-corrected chi connectivity index (χ0v) is 14.6. The number of nitrogens with zero attached hydrogens (tertiary/aromatic N) is 2. The Kier molecular flexibility index (Phi) is 6.20. The molecule has 1 saturated carbocycles. The predicted octanol–water partition coefficient (Wildman–Crippen LogP) is 5.05. The summed E-state index contributed by atoms with van der Waals surface area (Å²) in [6, 6.07) is 3.72. The van der Waals surface area contributed by atoms with Crippen LogP contribution in [0.1, 0.15) is 69.6 Å². The van der Waals surface area contributed by atoms with Gasteiger partial charge in [0.25, 0.3) is 0 Å². The van der Waals surface area contributed by atoms with Crippen LogP contribution in [0.3, 0.4) is 0 Å². The second-order valence-corrected chi connectivity index (χ2v) is 7.03. The van der Waals surface area contributed by atoms with Crippen LogP contribution in [0.25, 0.3) is 11.3 Å². The molecule has 5 nitrogen and oxygen atoms in total. The Labute approximate surface area is 148 Å². The first-order valence-corrected chi connectivity index (χ1v) is 9.30. The maximum atomic E-state index is 11.2. The fraction of sp³-hybridized carbons (Fsp3) is 0.550. The van der Waals surface area contributed by atoms with E-state index in [-0.39, 0.29) is 12.3 Å². The van der Waals surface area contributed by atoms with E-state index >= 15 is 0 Å². The zero-order valence-electron chi connectivity index (χ0n) is 14.6. The minimum Gasteiger partial charge on any atom is -0.481 e. The van der Waals surface area contributed by atoms with Crippen LogP contribution in [0.2, 0.25) is 0 Å². The van der Waals surface area contributed by atoms with E-state index in [1.54, 1.807) is 18.6 Å². The molecular weight excluding hydrogens is 316 g/mol. The van der Waals surface area contributed by atoms with Crippen molar-refractivity contribution in [3.63, 3.8) is 0 Å². The van der Waals surface area contributed by atoms with Gasteiger partial charge < -0.3 is 9.52 Å². The number of pyridine rings is 1. The zero-order chi connectivity index (χ0) is 17.5. The largest absolute Gasteiger partial charge is 0.481 e. The molecule has 1 atom stereocenters. The van der Waals surface area contributed by atoms with Crippen molar-refractivity contribution >= 4 is 5.97 Å². The molecule has 0 aliphatic heterocycles. The summed E-state index contributed by atoms with van der Waals surface area (Å²) in [5, 5.41) is 9.24. The Morgan fingerprint density at radius 2 is 2.00 bits per heavy atom. The third-order valence-electron chi connectivity index (χ3n) is 5.15. The second-order valence-electron chi connectivity index (χ2n) is 7.03. The lowest BCUT2D eigenvalue weighted by molar-refractivity contribution is -0.137. The number of carbonyl (C=O) groups is 1. The molecule has 1 fully saturated rings. The van der Waals surface area contributed by atoms with Crippen molar-refractivity contribution in [2.45, 2.75) is 63.7 Å². The number of aromatic nitrogens is 2. The van der Waals surface area contributed by atoms with Gasteiger partial charge in [-0.05, 0) is 24.5 Å². The smallest absolute Gasteiger partial charge is 0.304 e. The van der Waals surface area contributed by atoms with Gasteiger partial charge in [-0.3, -0.25) is 9.78 Å². The summed E-state index contributed by atoms with van der Waals surface area (Å²) in [5.74, 6) is 1.07. The summed E-state index contributed by atoms with van der Waals surface area (Å²) in [6.07, 6.45) is 14.9. The molecular formula is C20H26N2O3. The average molecular weight is 342 g/mol. The first kappa shape index (κ1) is 17.6. The molecule has 3 rings (SSSR count). The van der Waals surface area contributed by atoms with Crippen molar-refractivity contribution in [1.82, 2.24) is 9.97 Å². The van der Waals surface area contributed by atoms with Crippen LogP contribution in [0.4, 0.5) is 0 Å². The summed E-state index contributed by atoms with van der Waals surface area (Å²) in [7, 11) is 0. The van der Waals surface area contributed by atoms with Crippen LogP contribution >= 0.6 is 0 Å². The molecule has 0 unspecified atom stereocenters. The Hall–Kier alpha value is -2.17. The van der Waals surface area contributed by atoms with Crippen molar-refractivity contribution in [2.24, 2.45) is 5.92 Å². The van der Waals surface area contributed by atoms with Crippen LogP contribution in [-0.4, -0.2) is 21.0 Å². The van der Waals surface area contributed by atoms with Crippen LogP contribution in [0.5, 0.6) is 0 Å². The minimum absolute atomic E-state index is 0.0704. The van der Waals surface area contributed by atoms with Crippen molar-refractivity contribution < 1.29 is 14.3 Å². The highest BCUT2D eigenvalue weighted by Gasteiger charge is 2.22. The van der Waals surface area contributed by atoms with E-state index in [1.807, 2.05) is 12.1 Å². The van der Waals surface area contributed by atoms with E-state index in [0.29, 0.717) is 11.7 Å². The van der Waals surface area contributed by atoms with Gasteiger partial charge in [0, 0.05) is 23.9 Å². The molecule has 1 aliphatic rings. The lowest BCUT2D eigenvalue weighted by atomic mass is 9.84. The summed E-state index contributed by atoms with van der Waals surface area (Å²) in [4.78, 5) is 19.6. The molecule has 0 bridgehead atoms. The molecule has 2 aromatic rings. The van der Waals surface area contributed by atoms with E-state index in [9.17, 15) is 9.90 Å². The third kappa shape index (κ3) is 5.15. The van der Waals surface area contributed by atoms with Crippen LogP contribution < -0.4 is 0 Å². The Morgan fingerprint density at radius 1 is 1.24 bits per heavy atom. The van der Waals surface area contributed by atoms with E-state index in [2.05, 4.69) is 9.97 Å². The molecule has 0 spiro atoms. The highest BCUT2D eigenvalue weighted by molar-refractivity contribution is 5.67. The summed E-state index contributed by atoms with van der Waals surface area (Å²) < 4.78 is 5.87. The van der Waals surface area contributed by atoms with E-state index in [0.717, 1.165) is 24.3 Å². The maximum absolute atomic E-state index is 11.2. The standard InChI is InChI=1S/C20H26N2O3/c23-19(24)13-17(8-4-7-15-5-2-1-3-6-15)20-22-14-18(25-20)16-9-11-21-12-10-16/h9-12,14-15,17H,1-8,13H2,(H,23,24)/t17-/m1/s1. The number of hydrogen-bond donors (Lipinski definition) is 1. The van der Waals surface area contributed by atoms with Gasteiger partial charge in [0.15, 0.2) is 11.7 Å². The van der Waals surface area contributed by atoms with E-state index < -0.39 is 5.97 Å².